The van der Waals surface area contributed by atoms with Crippen LogP contribution < -0.4 is 0 Å². The van der Waals surface area contributed by atoms with Crippen LogP contribution in [-0.2, 0) is 14.3 Å². The highest BCUT2D eigenvalue weighted by molar-refractivity contribution is 6.10. The summed E-state index contributed by atoms with van der Waals surface area (Å²) in [4.78, 5) is 32.7. The lowest BCUT2D eigenvalue weighted by Crippen LogP contribution is -2.39. The minimum Gasteiger partial charge on any atom is -0.462 e. The van der Waals surface area contributed by atoms with Crippen LogP contribution in [0.25, 0.3) is 10.8 Å². The van der Waals surface area contributed by atoms with E-state index in [0.29, 0.717) is 18.4 Å². The van der Waals surface area contributed by atoms with Crippen LogP contribution in [0.15, 0.2) is 89.1 Å². The number of hydrogen-bond donors (Lipinski definition) is 0. The Kier molecular flexibility index (Phi) is 6.50. The van der Waals surface area contributed by atoms with Crippen molar-refractivity contribution in [2.75, 3.05) is 0 Å². The zero-order valence-corrected chi connectivity index (χ0v) is 21.4. The summed E-state index contributed by atoms with van der Waals surface area (Å²) in [5.74, 6) is -1.03. The predicted molar refractivity (Wildman–Crippen MR) is 147 cm³/mol. The van der Waals surface area contributed by atoms with Crippen LogP contribution in [0.1, 0.15) is 74.8 Å². The molecule has 4 nitrogen and oxygen atoms in total. The summed E-state index contributed by atoms with van der Waals surface area (Å²) in [5, 5.41) is 2.18. The molecule has 2 aliphatic carbocycles. The first-order valence-electron chi connectivity index (χ1n) is 13.6. The van der Waals surface area contributed by atoms with Crippen molar-refractivity contribution in [1.82, 2.24) is 0 Å². The van der Waals surface area contributed by atoms with Gasteiger partial charge in [0.15, 0.2) is 5.78 Å². The third kappa shape index (κ3) is 4.54. The van der Waals surface area contributed by atoms with Crippen molar-refractivity contribution in [3.63, 3.8) is 0 Å². The third-order valence-corrected chi connectivity index (χ3v) is 8.41. The van der Waals surface area contributed by atoms with Gasteiger partial charge < -0.3 is 4.74 Å². The Balaban J connectivity index is 1.45. The summed E-state index contributed by atoms with van der Waals surface area (Å²) in [7, 11) is 0. The Morgan fingerprint density at radius 2 is 1.59 bits per heavy atom. The number of ketones is 1. The molecule has 1 saturated carbocycles. The third-order valence-electron chi connectivity index (χ3n) is 8.41. The lowest BCUT2D eigenvalue weighted by atomic mass is 9.68. The summed E-state index contributed by atoms with van der Waals surface area (Å²) in [6.45, 7) is 1.94. The molecule has 1 unspecified atom stereocenters. The minimum absolute atomic E-state index is 0.0397. The number of allylic oxidation sites excluding steroid dienone is 2. The first-order valence-corrected chi connectivity index (χ1v) is 13.6. The molecule has 0 saturated heterocycles. The Bertz CT molecular complexity index is 1390. The van der Waals surface area contributed by atoms with Crippen LogP contribution in [0.4, 0.5) is 0 Å². The number of rotatable bonds is 4. The second-order valence-electron chi connectivity index (χ2n) is 10.8. The number of ether oxygens (including phenoxy) is 1. The fourth-order valence-corrected chi connectivity index (χ4v) is 6.60. The minimum atomic E-state index is -0.594. The molecule has 0 spiro atoms. The molecule has 0 aromatic heterocycles. The van der Waals surface area contributed by atoms with E-state index in [1.165, 1.54) is 6.42 Å². The van der Waals surface area contributed by atoms with E-state index >= 15 is 0 Å². The molecule has 0 amide bonds. The van der Waals surface area contributed by atoms with Crippen molar-refractivity contribution in [2.24, 2.45) is 10.9 Å². The zero-order valence-electron chi connectivity index (χ0n) is 21.4. The lowest BCUT2D eigenvalue weighted by Gasteiger charge is -2.37. The van der Waals surface area contributed by atoms with Crippen LogP contribution in [-0.4, -0.2) is 23.6 Å². The standard InChI is InChI=1S/C33H33NO3/c1-21-30(33(36)37-25-15-6-3-7-16-25)31(27-18-10-14-23-13-8-9-17-26(23)27)32-28(34-21)19-24(20-29(32)35)22-11-4-2-5-12-22/h2,4-5,8-14,17-18,24-25,30-31H,3,6-7,15-16,19-20H2,1H3/t24-,30?,31+/m1/s1. The van der Waals surface area contributed by atoms with E-state index in [1.807, 2.05) is 43.3 Å². The van der Waals surface area contributed by atoms with Crippen LogP contribution in [0.2, 0.25) is 0 Å². The van der Waals surface area contributed by atoms with Gasteiger partial charge in [0, 0.05) is 29.3 Å². The summed E-state index contributed by atoms with van der Waals surface area (Å²) < 4.78 is 6.12. The lowest BCUT2D eigenvalue weighted by molar-refractivity contribution is -0.153. The van der Waals surface area contributed by atoms with E-state index < -0.39 is 5.92 Å². The SMILES string of the molecule is CC1=NC2=C(C(=O)C[C@H](c3ccccc3)C2)[C@@H](c2cccc3ccccc23)C1C(=O)OC1CCCCC1. The smallest absolute Gasteiger partial charge is 0.315 e. The van der Waals surface area contributed by atoms with E-state index in [4.69, 9.17) is 9.73 Å². The molecule has 0 radical (unpaired) electrons. The van der Waals surface area contributed by atoms with Gasteiger partial charge in [-0.3, -0.25) is 14.6 Å². The summed E-state index contributed by atoms with van der Waals surface area (Å²) >= 11 is 0. The number of carbonyl (C=O) groups is 2. The fourth-order valence-electron chi connectivity index (χ4n) is 6.60. The van der Waals surface area contributed by atoms with Crippen LogP contribution in [0.3, 0.4) is 0 Å². The Morgan fingerprint density at radius 3 is 2.41 bits per heavy atom. The molecule has 0 N–H and O–H groups in total. The number of benzene rings is 3. The maximum Gasteiger partial charge on any atom is 0.315 e. The summed E-state index contributed by atoms with van der Waals surface area (Å²) in [6.07, 6.45) is 6.32. The van der Waals surface area contributed by atoms with Crippen molar-refractivity contribution < 1.29 is 14.3 Å². The fraction of sp³-hybridized carbons (Fsp3) is 0.364. The highest BCUT2D eigenvalue weighted by Crippen LogP contribution is 2.48. The average molecular weight is 492 g/mol. The summed E-state index contributed by atoms with van der Waals surface area (Å²) in [5.41, 5.74) is 4.47. The van der Waals surface area contributed by atoms with Crippen molar-refractivity contribution in [3.8, 4) is 0 Å². The van der Waals surface area contributed by atoms with Crippen LogP contribution in [0, 0.1) is 5.92 Å². The molecule has 3 aliphatic rings. The molecule has 37 heavy (non-hydrogen) atoms. The topological polar surface area (TPSA) is 55.7 Å². The van der Waals surface area contributed by atoms with Crippen molar-refractivity contribution in [1.29, 1.82) is 0 Å². The number of Topliss-reactive ketones (excluding diaryl/α,β-unsaturated/α-hetero) is 1. The number of esters is 1. The number of nitrogens with zero attached hydrogens (tertiary/aromatic N) is 1. The van der Waals surface area contributed by atoms with Gasteiger partial charge in [0.05, 0.1) is 0 Å². The van der Waals surface area contributed by atoms with Crippen LogP contribution >= 0.6 is 0 Å². The molecule has 1 fully saturated rings. The first-order chi connectivity index (χ1) is 18.1. The molecule has 1 aliphatic heterocycles. The molecule has 1 heterocycles. The Hall–Kier alpha value is -3.53. The van der Waals surface area contributed by atoms with E-state index in [0.717, 1.165) is 59.0 Å². The maximum atomic E-state index is 13.9. The number of carbonyl (C=O) groups excluding carboxylic acids is 2. The van der Waals surface area contributed by atoms with E-state index in [-0.39, 0.29) is 29.7 Å². The van der Waals surface area contributed by atoms with Gasteiger partial charge in [-0.05, 0) is 66.8 Å². The maximum absolute atomic E-state index is 13.9. The Morgan fingerprint density at radius 1 is 0.865 bits per heavy atom. The van der Waals surface area contributed by atoms with Crippen molar-refractivity contribution in [2.45, 2.75) is 69.8 Å². The molecular weight excluding hydrogens is 458 g/mol. The van der Waals surface area contributed by atoms with Gasteiger partial charge in [0.1, 0.15) is 12.0 Å². The quantitative estimate of drug-likeness (QED) is 0.360. The van der Waals surface area contributed by atoms with Gasteiger partial charge >= 0.3 is 5.97 Å². The molecule has 4 heteroatoms. The number of hydrogen-bond acceptors (Lipinski definition) is 4. The summed E-state index contributed by atoms with van der Waals surface area (Å²) in [6, 6.07) is 24.6. The van der Waals surface area contributed by atoms with Gasteiger partial charge in [0.2, 0.25) is 0 Å². The van der Waals surface area contributed by atoms with Gasteiger partial charge in [-0.2, -0.15) is 0 Å². The number of fused-ring (bicyclic) bond motifs is 1. The second-order valence-corrected chi connectivity index (χ2v) is 10.8. The van der Waals surface area contributed by atoms with E-state index in [9.17, 15) is 9.59 Å². The van der Waals surface area contributed by atoms with Crippen LogP contribution in [0.5, 0.6) is 0 Å². The number of aliphatic imine (C=N–C) groups is 1. The van der Waals surface area contributed by atoms with Gasteiger partial charge in [-0.1, -0.05) is 79.2 Å². The van der Waals surface area contributed by atoms with Crippen molar-refractivity contribution in [3.05, 3.63) is 95.2 Å². The first kappa shape index (κ1) is 23.8. The largest absolute Gasteiger partial charge is 0.462 e. The van der Waals surface area contributed by atoms with Gasteiger partial charge in [-0.15, -0.1) is 0 Å². The molecule has 3 aromatic carbocycles. The van der Waals surface area contributed by atoms with E-state index in [2.05, 4.69) is 36.4 Å². The second kappa shape index (κ2) is 10.1. The molecule has 188 valence electrons. The monoisotopic (exact) mass is 491 g/mol. The molecule has 3 atom stereocenters. The average Bonchev–Trinajstić information content (AvgIpc) is 2.93. The molecule has 6 rings (SSSR count). The predicted octanol–water partition coefficient (Wildman–Crippen LogP) is 7.29. The van der Waals surface area contributed by atoms with Crippen molar-refractivity contribution >= 4 is 28.2 Å². The highest BCUT2D eigenvalue weighted by Gasteiger charge is 2.45. The normalized spacial score (nSPS) is 24.5. The van der Waals surface area contributed by atoms with Gasteiger partial charge in [0.25, 0.3) is 0 Å². The Labute approximate surface area is 218 Å². The molecular formula is C33H33NO3. The van der Waals surface area contributed by atoms with Gasteiger partial charge in [-0.25, -0.2) is 0 Å². The zero-order chi connectivity index (χ0) is 25.4. The highest BCUT2D eigenvalue weighted by atomic mass is 16.5. The molecule has 0 bridgehead atoms. The molecule has 3 aromatic rings. The van der Waals surface area contributed by atoms with E-state index in [1.54, 1.807) is 0 Å².